The second-order valence-electron chi connectivity index (χ2n) is 7.89. The van der Waals surface area contributed by atoms with Crippen molar-refractivity contribution in [2.45, 2.75) is 13.0 Å². The fourth-order valence-corrected chi connectivity index (χ4v) is 5.14. The number of carbonyl (C=O) groups excluding carboxylic acids is 2. The Kier molecular flexibility index (Phi) is 5.37. The largest absolute Gasteiger partial charge is 0.507 e. The molecule has 1 amide bonds. The minimum atomic E-state index is -1.18. The number of anilines is 1. The van der Waals surface area contributed by atoms with Crippen LogP contribution in [0.3, 0.4) is 0 Å². The van der Waals surface area contributed by atoms with Crippen LogP contribution in [0.4, 0.5) is 9.52 Å². The predicted molar refractivity (Wildman–Crippen MR) is 129 cm³/mol. The third-order valence-electron chi connectivity index (χ3n) is 5.75. The molecule has 0 saturated carbocycles. The van der Waals surface area contributed by atoms with Gasteiger partial charge in [0, 0.05) is 11.1 Å². The number of aromatic nitrogens is 1. The molecule has 170 valence electrons. The maximum Gasteiger partial charge on any atom is 0.301 e. The predicted octanol–water partition coefficient (Wildman–Crippen LogP) is 5.38. The number of methoxy groups -OCH3 is 1. The topological polar surface area (TPSA) is 79.7 Å². The monoisotopic (exact) mass is 474 g/mol. The molecule has 0 aliphatic carbocycles. The van der Waals surface area contributed by atoms with Gasteiger partial charge in [-0.3, -0.25) is 14.5 Å². The van der Waals surface area contributed by atoms with Crippen molar-refractivity contribution in [3.8, 4) is 5.75 Å². The minimum absolute atomic E-state index is 0.0900. The molecule has 6 nitrogen and oxygen atoms in total. The first-order valence-corrected chi connectivity index (χ1v) is 11.3. The lowest BCUT2D eigenvalue weighted by Gasteiger charge is -2.23. The van der Waals surface area contributed by atoms with Gasteiger partial charge < -0.3 is 9.84 Å². The Morgan fingerprint density at radius 3 is 2.53 bits per heavy atom. The molecule has 0 bridgehead atoms. The first-order chi connectivity index (χ1) is 16.4. The van der Waals surface area contributed by atoms with Crippen molar-refractivity contribution >= 4 is 44.1 Å². The summed E-state index contributed by atoms with van der Waals surface area (Å²) in [6.07, 6.45) is 0. The van der Waals surface area contributed by atoms with Gasteiger partial charge in [0.05, 0.1) is 22.9 Å². The number of aliphatic hydroxyl groups excluding tert-OH is 1. The molecule has 1 N–H and O–H groups in total. The molecular weight excluding hydrogens is 455 g/mol. The number of thiazole rings is 1. The number of nitrogens with zero attached hydrogens (tertiary/aromatic N) is 2. The number of benzene rings is 3. The van der Waals surface area contributed by atoms with Gasteiger partial charge in [-0.05, 0) is 55.0 Å². The van der Waals surface area contributed by atoms with E-state index in [1.165, 1.54) is 41.5 Å². The van der Waals surface area contributed by atoms with Gasteiger partial charge in [0.1, 0.15) is 23.4 Å². The summed E-state index contributed by atoms with van der Waals surface area (Å²) in [5.41, 5.74) is 1.88. The highest BCUT2D eigenvalue weighted by Gasteiger charge is 2.49. The molecule has 0 unspecified atom stereocenters. The third-order valence-corrected chi connectivity index (χ3v) is 6.76. The van der Waals surface area contributed by atoms with E-state index in [9.17, 15) is 19.1 Å². The van der Waals surface area contributed by atoms with Crippen molar-refractivity contribution < 1.29 is 23.8 Å². The summed E-state index contributed by atoms with van der Waals surface area (Å²) in [4.78, 5) is 32.2. The Hall–Kier alpha value is -4.04. The van der Waals surface area contributed by atoms with Crippen molar-refractivity contribution in [1.29, 1.82) is 0 Å². The number of aliphatic hydroxyl groups is 1. The average molecular weight is 475 g/mol. The van der Waals surface area contributed by atoms with Crippen LogP contribution in [0.25, 0.3) is 16.0 Å². The van der Waals surface area contributed by atoms with E-state index in [1.54, 1.807) is 30.3 Å². The average Bonchev–Trinajstić information content (AvgIpc) is 3.36. The van der Waals surface area contributed by atoms with Gasteiger partial charge in [-0.1, -0.05) is 35.6 Å². The molecule has 0 radical (unpaired) electrons. The maximum atomic E-state index is 15.0. The summed E-state index contributed by atoms with van der Waals surface area (Å²) < 4.78 is 21.0. The van der Waals surface area contributed by atoms with Crippen molar-refractivity contribution in [3.63, 3.8) is 0 Å². The number of hydrogen-bond donors (Lipinski definition) is 1. The SMILES string of the molecule is COc1ccc(C(O)=C2C(=O)C(=O)N(c3nc4ccc(C)cc4s3)[C@@H]2c2ccccc2F)cc1. The first-order valence-electron chi connectivity index (χ1n) is 10.5. The van der Waals surface area contributed by atoms with Crippen LogP contribution < -0.4 is 9.64 Å². The molecule has 3 aromatic carbocycles. The van der Waals surface area contributed by atoms with Crippen LogP contribution in [0, 0.1) is 12.7 Å². The molecule has 2 heterocycles. The van der Waals surface area contributed by atoms with E-state index in [0.717, 1.165) is 10.3 Å². The number of ether oxygens (including phenoxy) is 1. The normalized spacial score (nSPS) is 17.5. The minimum Gasteiger partial charge on any atom is -0.507 e. The Labute approximate surface area is 198 Å². The summed E-state index contributed by atoms with van der Waals surface area (Å²) in [6.45, 7) is 1.94. The highest BCUT2D eigenvalue weighted by atomic mass is 32.1. The van der Waals surface area contributed by atoms with E-state index in [0.29, 0.717) is 16.8 Å². The van der Waals surface area contributed by atoms with Crippen LogP contribution in [0.15, 0.2) is 72.3 Å². The lowest BCUT2D eigenvalue weighted by Crippen LogP contribution is -2.29. The molecule has 5 rings (SSSR count). The Morgan fingerprint density at radius 1 is 1.09 bits per heavy atom. The van der Waals surface area contributed by atoms with Crippen LogP contribution in [0.5, 0.6) is 5.75 Å². The lowest BCUT2D eigenvalue weighted by atomic mass is 9.95. The summed E-state index contributed by atoms with van der Waals surface area (Å²) >= 11 is 1.23. The van der Waals surface area contributed by atoms with E-state index in [-0.39, 0.29) is 16.3 Å². The number of carbonyl (C=O) groups is 2. The number of ketones is 1. The third kappa shape index (κ3) is 3.52. The van der Waals surface area contributed by atoms with E-state index in [1.807, 2.05) is 25.1 Å². The summed E-state index contributed by atoms with van der Waals surface area (Å²) in [5.74, 6) is -2.21. The highest BCUT2D eigenvalue weighted by molar-refractivity contribution is 7.22. The Balaban J connectivity index is 1.73. The number of hydrogen-bond acceptors (Lipinski definition) is 6. The van der Waals surface area contributed by atoms with Crippen LogP contribution in [0.1, 0.15) is 22.7 Å². The number of amides is 1. The Bertz CT molecular complexity index is 1480. The molecule has 1 atom stereocenters. The zero-order valence-electron chi connectivity index (χ0n) is 18.3. The highest BCUT2D eigenvalue weighted by Crippen LogP contribution is 2.45. The van der Waals surface area contributed by atoms with E-state index in [4.69, 9.17) is 4.74 Å². The number of aryl methyl sites for hydroxylation is 1. The molecule has 4 aromatic rings. The van der Waals surface area contributed by atoms with Crippen LogP contribution in [-0.2, 0) is 9.59 Å². The molecule has 34 heavy (non-hydrogen) atoms. The molecular formula is C26H19FN2O4S. The number of Topliss-reactive ketones (excluding diaryl/α,β-unsaturated/α-hetero) is 1. The molecule has 8 heteroatoms. The summed E-state index contributed by atoms with van der Waals surface area (Å²) in [5, 5.41) is 11.4. The van der Waals surface area contributed by atoms with Gasteiger partial charge >= 0.3 is 5.91 Å². The second-order valence-corrected chi connectivity index (χ2v) is 8.90. The van der Waals surface area contributed by atoms with Gasteiger partial charge in [-0.25, -0.2) is 9.37 Å². The molecule has 1 fully saturated rings. The summed E-state index contributed by atoms with van der Waals surface area (Å²) in [6, 6.07) is 16.8. The molecule has 1 aromatic heterocycles. The van der Waals surface area contributed by atoms with Crippen LogP contribution >= 0.6 is 11.3 Å². The smallest absolute Gasteiger partial charge is 0.301 e. The van der Waals surface area contributed by atoms with E-state index >= 15 is 0 Å². The molecule has 0 spiro atoms. The lowest BCUT2D eigenvalue weighted by molar-refractivity contribution is -0.132. The van der Waals surface area contributed by atoms with E-state index in [2.05, 4.69) is 4.98 Å². The molecule has 1 aliphatic rings. The van der Waals surface area contributed by atoms with Crippen molar-refractivity contribution in [2.75, 3.05) is 12.0 Å². The molecule has 1 aliphatic heterocycles. The van der Waals surface area contributed by atoms with Crippen molar-refractivity contribution in [3.05, 3.63) is 94.8 Å². The Morgan fingerprint density at radius 2 is 1.82 bits per heavy atom. The van der Waals surface area contributed by atoms with Gasteiger partial charge in [0.15, 0.2) is 5.13 Å². The van der Waals surface area contributed by atoms with Gasteiger partial charge in [-0.15, -0.1) is 0 Å². The van der Waals surface area contributed by atoms with Crippen molar-refractivity contribution in [1.82, 2.24) is 4.98 Å². The quantitative estimate of drug-likeness (QED) is 0.244. The fourth-order valence-electron chi connectivity index (χ4n) is 4.05. The van der Waals surface area contributed by atoms with Crippen molar-refractivity contribution in [2.24, 2.45) is 0 Å². The zero-order chi connectivity index (χ0) is 24.0. The zero-order valence-corrected chi connectivity index (χ0v) is 19.1. The number of halogens is 1. The van der Waals surface area contributed by atoms with Gasteiger partial charge in [0.2, 0.25) is 0 Å². The van der Waals surface area contributed by atoms with Crippen LogP contribution in [-0.4, -0.2) is 28.9 Å². The van der Waals surface area contributed by atoms with Gasteiger partial charge in [0.25, 0.3) is 5.78 Å². The maximum absolute atomic E-state index is 15.0. The number of fused-ring (bicyclic) bond motifs is 1. The standard InChI is InChI=1S/C26H19FN2O4S/c1-14-7-12-19-20(13-14)34-26(28-19)29-22(17-5-3-4-6-18(17)27)21(24(31)25(29)32)23(30)15-8-10-16(33-2)11-9-15/h3-13,22,30H,1-2H3/t22-/m1/s1. The fraction of sp³-hybridized carbons (Fsp3) is 0.115. The summed E-state index contributed by atoms with van der Waals surface area (Å²) in [7, 11) is 1.51. The number of rotatable bonds is 4. The second kappa shape index (κ2) is 8.39. The van der Waals surface area contributed by atoms with Crippen LogP contribution in [0.2, 0.25) is 0 Å². The van der Waals surface area contributed by atoms with Gasteiger partial charge in [-0.2, -0.15) is 0 Å². The van der Waals surface area contributed by atoms with E-state index < -0.39 is 29.3 Å². The molecule has 1 saturated heterocycles. The first kappa shape index (κ1) is 21.8.